The second-order valence-corrected chi connectivity index (χ2v) is 5.90. The standard InChI is InChI=1S/C16H29N3O/c1-4-6-10-18(3)13-14-8-11-19(12-9-14)16(20)15(17)7-5-2/h2,14-15H,4,6-13,17H2,1,3H3. The van der Waals surface area contributed by atoms with Crippen molar-refractivity contribution in [3.05, 3.63) is 0 Å². The van der Waals surface area contributed by atoms with E-state index in [0.29, 0.717) is 12.3 Å². The van der Waals surface area contributed by atoms with E-state index in [1.54, 1.807) is 0 Å². The number of rotatable bonds is 7. The number of amides is 1. The van der Waals surface area contributed by atoms with Gasteiger partial charge in [-0.3, -0.25) is 4.79 Å². The van der Waals surface area contributed by atoms with Gasteiger partial charge in [-0.1, -0.05) is 13.3 Å². The van der Waals surface area contributed by atoms with E-state index in [1.807, 2.05) is 4.90 Å². The molecule has 1 fully saturated rings. The molecule has 0 aromatic rings. The molecule has 114 valence electrons. The van der Waals surface area contributed by atoms with Gasteiger partial charge >= 0.3 is 0 Å². The number of piperidine rings is 1. The maximum absolute atomic E-state index is 12.1. The molecular formula is C16H29N3O. The number of nitrogens with two attached hydrogens (primary N) is 1. The molecule has 0 bridgehead atoms. The van der Waals surface area contributed by atoms with Gasteiger partial charge in [0.1, 0.15) is 0 Å². The van der Waals surface area contributed by atoms with E-state index >= 15 is 0 Å². The molecule has 1 amide bonds. The molecule has 0 aromatic heterocycles. The molecule has 0 spiro atoms. The van der Waals surface area contributed by atoms with Crippen LogP contribution >= 0.6 is 0 Å². The van der Waals surface area contributed by atoms with Crippen molar-refractivity contribution in [1.29, 1.82) is 0 Å². The largest absolute Gasteiger partial charge is 0.341 e. The van der Waals surface area contributed by atoms with Gasteiger partial charge in [0, 0.05) is 26.1 Å². The number of likely N-dealkylation sites (tertiary alicyclic amines) is 1. The zero-order valence-corrected chi connectivity index (χ0v) is 13.0. The second-order valence-electron chi connectivity index (χ2n) is 5.90. The molecule has 1 atom stereocenters. The van der Waals surface area contributed by atoms with Crippen LogP contribution in [0, 0.1) is 18.3 Å². The maximum atomic E-state index is 12.1. The van der Waals surface area contributed by atoms with Gasteiger partial charge in [-0.15, -0.1) is 12.3 Å². The van der Waals surface area contributed by atoms with Crippen LogP contribution in [0.5, 0.6) is 0 Å². The van der Waals surface area contributed by atoms with E-state index in [2.05, 4.69) is 24.8 Å². The topological polar surface area (TPSA) is 49.6 Å². The van der Waals surface area contributed by atoms with E-state index in [-0.39, 0.29) is 5.91 Å². The lowest BCUT2D eigenvalue weighted by molar-refractivity contribution is -0.133. The Balaban J connectivity index is 2.29. The second kappa shape index (κ2) is 8.99. The minimum Gasteiger partial charge on any atom is -0.341 e. The average Bonchev–Trinajstić information content (AvgIpc) is 2.45. The van der Waals surface area contributed by atoms with E-state index in [9.17, 15) is 4.79 Å². The number of nitrogens with zero attached hydrogens (tertiary/aromatic N) is 2. The van der Waals surface area contributed by atoms with Crippen molar-refractivity contribution < 1.29 is 4.79 Å². The Kier molecular flexibility index (Phi) is 7.64. The van der Waals surface area contributed by atoms with E-state index in [0.717, 1.165) is 32.5 Å². The van der Waals surface area contributed by atoms with Crippen LogP contribution in [0.2, 0.25) is 0 Å². The average molecular weight is 279 g/mol. The summed E-state index contributed by atoms with van der Waals surface area (Å²) in [5.41, 5.74) is 5.79. The summed E-state index contributed by atoms with van der Waals surface area (Å²) in [6, 6.07) is -0.524. The third-order valence-corrected chi connectivity index (χ3v) is 4.04. The number of unbranched alkanes of at least 4 members (excludes halogenated alkanes) is 1. The van der Waals surface area contributed by atoms with Gasteiger partial charge in [-0.25, -0.2) is 0 Å². The highest BCUT2D eigenvalue weighted by molar-refractivity contribution is 5.82. The predicted molar refractivity (Wildman–Crippen MR) is 83.1 cm³/mol. The number of terminal acetylenes is 1. The van der Waals surface area contributed by atoms with E-state index < -0.39 is 6.04 Å². The maximum Gasteiger partial charge on any atom is 0.240 e. The van der Waals surface area contributed by atoms with Crippen LogP contribution in [0.4, 0.5) is 0 Å². The van der Waals surface area contributed by atoms with Crippen molar-refractivity contribution in [2.75, 3.05) is 33.2 Å². The molecule has 4 nitrogen and oxygen atoms in total. The molecule has 1 aliphatic heterocycles. The monoisotopic (exact) mass is 279 g/mol. The van der Waals surface area contributed by atoms with Gasteiger partial charge in [0.15, 0.2) is 0 Å². The first kappa shape index (κ1) is 17.0. The Morgan fingerprint density at radius 3 is 2.70 bits per heavy atom. The Hall–Kier alpha value is -1.05. The summed E-state index contributed by atoms with van der Waals surface area (Å²) in [7, 11) is 2.19. The quantitative estimate of drug-likeness (QED) is 0.715. The van der Waals surface area contributed by atoms with Crippen LogP contribution in [0.1, 0.15) is 39.0 Å². The summed E-state index contributed by atoms with van der Waals surface area (Å²) in [4.78, 5) is 16.3. The minimum absolute atomic E-state index is 0.0146. The third kappa shape index (κ3) is 5.52. The fraction of sp³-hybridized carbons (Fsp3) is 0.812. The van der Waals surface area contributed by atoms with Crippen LogP contribution in [-0.2, 0) is 4.79 Å². The van der Waals surface area contributed by atoms with Crippen molar-refractivity contribution >= 4 is 5.91 Å². The fourth-order valence-corrected chi connectivity index (χ4v) is 2.74. The molecule has 0 radical (unpaired) electrons. The van der Waals surface area contributed by atoms with Crippen molar-refractivity contribution in [3.8, 4) is 12.3 Å². The SMILES string of the molecule is C#CCC(N)C(=O)N1CCC(CN(C)CCCC)CC1. The molecule has 0 aliphatic carbocycles. The first-order valence-corrected chi connectivity index (χ1v) is 7.74. The summed E-state index contributed by atoms with van der Waals surface area (Å²) < 4.78 is 0. The fourth-order valence-electron chi connectivity index (χ4n) is 2.74. The molecule has 2 N–H and O–H groups in total. The van der Waals surface area contributed by atoms with E-state index in [4.69, 9.17) is 12.2 Å². The number of carbonyl (C=O) groups is 1. The van der Waals surface area contributed by atoms with Gasteiger partial charge in [0.05, 0.1) is 6.04 Å². The van der Waals surface area contributed by atoms with Crippen LogP contribution in [0.3, 0.4) is 0 Å². The molecule has 1 aliphatic rings. The molecule has 0 aromatic carbocycles. The zero-order valence-electron chi connectivity index (χ0n) is 13.0. The highest BCUT2D eigenvalue weighted by atomic mass is 16.2. The lowest BCUT2D eigenvalue weighted by atomic mass is 9.95. The lowest BCUT2D eigenvalue weighted by Crippen LogP contribution is -2.48. The Morgan fingerprint density at radius 2 is 2.15 bits per heavy atom. The van der Waals surface area contributed by atoms with E-state index in [1.165, 1.54) is 19.4 Å². The summed E-state index contributed by atoms with van der Waals surface area (Å²) >= 11 is 0. The van der Waals surface area contributed by atoms with Gasteiger partial charge in [-0.05, 0) is 38.8 Å². The van der Waals surface area contributed by atoms with Crippen molar-refractivity contribution in [2.45, 2.75) is 45.1 Å². The normalized spacial score (nSPS) is 18.1. The minimum atomic E-state index is -0.524. The summed E-state index contributed by atoms with van der Waals surface area (Å²) in [5, 5.41) is 0. The van der Waals surface area contributed by atoms with Gasteiger partial charge < -0.3 is 15.5 Å². The summed E-state index contributed by atoms with van der Waals surface area (Å²) in [6.45, 7) is 6.17. The molecule has 1 rings (SSSR count). The smallest absolute Gasteiger partial charge is 0.240 e. The first-order chi connectivity index (χ1) is 9.58. The molecule has 1 heterocycles. The summed E-state index contributed by atoms with van der Waals surface area (Å²) in [6.07, 6.45) is 10.2. The predicted octanol–water partition coefficient (Wildman–Crippen LogP) is 1.31. The Bertz CT molecular complexity index is 329. The highest BCUT2D eigenvalue weighted by Gasteiger charge is 2.26. The molecule has 20 heavy (non-hydrogen) atoms. The van der Waals surface area contributed by atoms with Crippen LogP contribution in [-0.4, -0.2) is 55.0 Å². The summed E-state index contributed by atoms with van der Waals surface area (Å²) in [5.74, 6) is 3.18. The number of hydrogen-bond donors (Lipinski definition) is 1. The molecule has 0 saturated carbocycles. The Morgan fingerprint density at radius 1 is 1.50 bits per heavy atom. The number of hydrogen-bond acceptors (Lipinski definition) is 3. The van der Waals surface area contributed by atoms with Crippen molar-refractivity contribution in [1.82, 2.24) is 9.80 Å². The highest BCUT2D eigenvalue weighted by Crippen LogP contribution is 2.19. The molecule has 1 unspecified atom stereocenters. The van der Waals surface area contributed by atoms with Crippen molar-refractivity contribution in [3.63, 3.8) is 0 Å². The van der Waals surface area contributed by atoms with Crippen molar-refractivity contribution in [2.24, 2.45) is 11.7 Å². The number of carbonyl (C=O) groups excluding carboxylic acids is 1. The van der Waals surface area contributed by atoms with Gasteiger partial charge in [0.2, 0.25) is 5.91 Å². The van der Waals surface area contributed by atoms with Crippen LogP contribution in [0.15, 0.2) is 0 Å². The third-order valence-electron chi connectivity index (χ3n) is 4.04. The van der Waals surface area contributed by atoms with Crippen LogP contribution < -0.4 is 5.73 Å². The Labute approximate surface area is 123 Å². The van der Waals surface area contributed by atoms with Gasteiger partial charge in [-0.2, -0.15) is 0 Å². The molecular weight excluding hydrogens is 250 g/mol. The molecule has 1 saturated heterocycles. The first-order valence-electron chi connectivity index (χ1n) is 7.74. The lowest BCUT2D eigenvalue weighted by Gasteiger charge is -2.35. The zero-order chi connectivity index (χ0) is 15.0. The molecule has 4 heteroatoms. The van der Waals surface area contributed by atoms with Crippen LogP contribution in [0.25, 0.3) is 0 Å². The van der Waals surface area contributed by atoms with Gasteiger partial charge in [0.25, 0.3) is 0 Å².